The molecule has 0 bridgehead atoms. The van der Waals surface area contributed by atoms with Crippen molar-refractivity contribution in [3.05, 3.63) is 0 Å². The molecule has 0 spiro atoms. The number of hydrogen-bond acceptors (Lipinski definition) is 2. The topological polar surface area (TPSA) is 46.3 Å². The fourth-order valence-electron chi connectivity index (χ4n) is 2.10. The number of nitrogens with two attached hydrogens (primary N) is 1. The first-order valence-corrected chi connectivity index (χ1v) is 5.40. The molecule has 0 aliphatic carbocycles. The molecule has 1 aliphatic rings. The Kier molecular flexibility index (Phi) is 3.53. The van der Waals surface area contributed by atoms with Crippen LogP contribution in [-0.2, 0) is 4.79 Å². The lowest BCUT2D eigenvalue weighted by molar-refractivity contribution is -0.123. The van der Waals surface area contributed by atoms with Gasteiger partial charge < -0.3 is 10.6 Å². The second kappa shape index (κ2) is 4.30. The van der Waals surface area contributed by atoms with E-state index in [1.54, 1.807) is 0 Å². The second-order valence-corrected chi connectivity index (χ2v) is 5.54. The molecule has 3 nitrogen and oxygen atoms in total. The van der Waals surface area contributed by atoms with Gasteiger partial charge >= 0.3 is 0 Å². The van der Waals surface area contributed by atoms with Gasteiger partial charge in [-0.15, -0.1) is 0 Å². The van der Waals surface area contributed by atoms with Crippen molar-refractivity contribution in [2.75, 3.05) is 19.6 Å². The summed E-state index contributed by atoms with van der Waals surface area (Å²) in [5.41, 5.74) is 5.63. The van der Waals surface area contributed by atoms with Gasteiger partial charge in [-0.2, -0.15) is 0 Å². The molecule has 1 rings (SSSR count). The van der Waals surface area contributed by atoms with Crippen molar-refractivity contribution in [2.24, 2.45) is 17.1 Å². The summed E-state index contributed by atoms with van der Waals surface area (Å²) in [6, 6.07) is 0. The first kappa shape index (κ1) is 11.5. The molecule has 82 valence electrons. The standard InChI is InChI=1S/C11H22N2O/c1-11(2,3)8-13-6-4-5-9(7-13)10(12)14/h9H,4-8H2,1-3H3,(H2,12,14)/t9-/m1/s1. The summed E-state index contributed by atoms with van der Waals surface area (Å²) in [5.74, 6) is -0.0605. The van der Waals surface area contributed by atoms with Crippen molar-refractivity contribution in [3.63, 3.8) is 0 Å². The summed E-state index contributed by atoms with van der Waals surface area (Å²) >= 11 is 0. The van der Waals surface area contributed by atoms with Crippen LogP contribution in [0.2, 0.25) is 0 Å². The maximum Gasteiger partial charge on any atom is 0.221 e. The molecule has 2 N–H and O–H groups in total. The number of primary amides is 1. The van der Waals surface area contributed by atoms with Crippen molar-refractivity contribution in [1.29, 1.82) is 0 Å². The van der Waals surface area contributed by atoms with Crippen LogP contribution in [0, 0.1) is 11.3 Å². The van der Waals surface area contributed by atoms with E-state index in [2.05, 4.69) is 25.7 Å². The Hall–Kier alpha value is -0.570. The number of carbonyl (C=O) groups excluding carboxylic acids is 1. The molecule has 1 saturated heterocycles. The summed E-state index contributed by atoms with van der Waals surface area (Å²) in [6.45, 7) is 9.69. The van der Waals surface area contributed by atoms with Gasteiger partial charge in [0.05, 0.1) is 5.92 Å². The van der Waals surface area contributed by atoms with Gasteiger partial charge in [-0.25, -0.2) is 0 Å². The molecule has 0 unspecified atom stereocenters. The van der Waals surface area contributed by atoms with E-state index in [9.17, 15) is 4.79 Å². The van der Waals surface area contributed by atoms with Crippen LogP contribution < -0.4 is 5.73 Å². The fourth-order valence-corrected chi connectivity index (χ4v) is 2.10. The number of carbonyl (C=O) groups is 1. The smallest absolute Gasteiger partial charge is 0.221 e. The van der Waals surface area contributed by atoms with Gasteiger partial charge in [-0.05, 0) is 24.8 Å². The number of nitrogens with zero attached hydrogens (tertiary/aromatic N) is 1. The zero-order valence-electron chi connectivity index (χ0n) is 9.55. The van der Waals surface area contributed by atoms with Gasteiger partial charge in [0.2, 0.25) is 5.91 Å². The summed E-state index contributed by atoms with van der Waals surface area (Å²) < 4.78 is 0. The molecule has 1 fully saturated rings. The summed E-state index contributed by atoms with van der Waals surface area (Å²) in [4.78, 5) is 13.4. The Morgan fingerprint density at radius 3 is 2.64 bits per heavy atom. The Balaban J connectivity index is 2.44. The molecule has 0 aromatic carbocycles. The predicted molar refractivity (Wildman–Crippen MR) is 57.8 cm³/mol. The SMILES string of the molecule is CC(C)(C)CN1CCC[C@@H](C(N)=O)C1. The van der Waals surface area contributed by atoms with Crippen molar-refractivity contribution in [3.8, 4) is 0 Å². The highest BCUT2D eigenvalue weighted by atomic mass is 16.1. The summed E-state index contributed by atoms with van der Waals surface area (Å²) in [7, 11) is 0. The first-order chi connectivity index (χ1) is 6.38. The maximum absolute atomic E-state index is 11.1. The van der Waals surface area contributed by atoms with E-state index in [4.69, 9.17) is 5.73 Å². The molecule has 1 atom stereocenters. The maximum atomic E-state index is 11.1. The van der Waals surface area contributed by atoms with E-state index in [0.29, 0.717) is 5.41 Å². The van der Waals surface area contributed by atoms with E-state index in [0.717, 1.165) is 32.5 Å². The van der Waals surface area contributed by atoms with E-state index < -0.39 is 0 Å². The highest BCUT2D eigenvalue weighted by molar-refractivity contribution is 5.76. The van der Waals surface area contributed by atoms with Gasteiger partial charge in [0, 0.05) is 13.1 Å². The molecule has 0 radical (unpaired) electrons. The molecule has 0 saturated carbocycles. The number of likely N-dealkylation sites (tertiary alicyclic amines) is 1. The molecule has 1 amide bonds. The lowest BCUT2D eigenvalue weighted by atomic mass is 9.92. The predicted octanol–water partition coefficient (Wildman–Crippen LogP) is 1.23. The van der Waals surface area contributed by atoms with Gasteiger partial charge in [-0.1, -0.05) is 20.8 Å². The Morgan fingerprint density at radius 1 is 1.50 bits per heavy atom. The molecule has 14 heavy (non-hydrogen) atoms. The highest BCUT2D eigenvalue weighted by Gasteiger charge is 2.26. The molecule has 1 aliphatic heterocycles. The van der Waals surface area contributed by atoms with Gasteiger partial charge in [-0.3, -0.25) is 4.79 Å². The van der Waals surface area contributed by atoms with Crippen LogP contribution in [0.5, 0.6) is 0 Å². The van der Waals surface area contributed by atoms with E-state index in [1.165, 1.54) is 0 Å². The highest BCUT2D eigenvalue weighted by Crippen LogP contribution is 2.21. The minimum Gasteiger partial charge on any atom is -0.369 e. The van der Waals surface area contributed by atoms with E-state index in [1.807, 2.05) is 0 Å². The largest absolute Gasteiger partial charge is 0.369 e. The third kappa shape index (κ3) is 3.66. The number of amides is 1. The molecule has 0 aromatic rings. The Bertz CT molecular complexity index is 208. The fraction of sp³-hybridized carbons (Fsp3) is 0.909. The van der Waals surface area contributed by atoms with Crippen LogP contribution >= 0.6 is 0 Å². The van der Waals surface area contributed by atoms with Crippen LogP contribution in [0.4, 0.5) is 0 Å². The van der Waals surface area contributed by atoms with Gasteiger partial charge in [0.15, 0.2) is 0 Å². The van der Waals surface area contributed by atoms with Crippen molar-refractivity contribution in [1.82, 2.24) is 4.90 Å². The normalized spacial score (nSPS) is 24.9. The van der Waals surface area contributed by atoms with Gasteiger partial charge in [0.1, 0.15) is 0 Å². The van der Waals surface area contributed by atoms with Crippen molar-refractivity contribution >= 4 is 5.91 Å². The van der Waals surface area contributed by atoms with Crippen molar-refractivity contribution in [2.45, 2.75) is 33.6 Å². The Labute approximate surface area is 86.6 Å². The third-order valence-corrected chi connectivity index (χ3v) is 2.61. The summed E-state index contributed by atoms with van der Waals surface area (Å²) in [6.07, 6.45) is 2.07. The van der Waals surface area contributed by atoms with Crippen LogP contribution in [-0.4, -0.2) is 30.4 Å². The van der Waals surface area contributed by atoms with Crippen LogP contribution in [0.3, 0.4) is 0 Å². The third-order valence-electron chi connectivity index (χ3n) is 2.61. The molecular formula is C11H22N2O. The van der Waals surface area contributed by atoms with E-state index >= 15 is 0 Å². The molecule has 3 heteroatoms. The van der Waals surface area contributed by atoms with Crippen LogP contribution in [0.15, 0.2) is 0 Å². The van der Waals surface area contributed by atoms with Crippen molar-refractivity contribution < 1.29 is 4.79 Å². The lowest BCUT2D eigenvalue weighted by Crippen LogP contribution is -2.44. The molecular weight excluding hydrogens is 176 g/mol. The first-order valence-electron chi connectivity index (χ1n) is 5.40. The average molecular weight is 198 g/mol. The number of hydrogen-bond donors (Lipinski definition) is 1. The van der Waals surface area contributed by atoms with E-state index in [-0.39, 0.29) is 11.8 Å². The molecule has 0 aromatic heterocycles. The minimum absolute atomic E-state index is 0.0751. The van der Waals surface area contributed by atoms with Crippen LogP contribution in [0.1, 0.15) is 33.6 Å². The molecule has 1 heterocycles. The summed E-state index contributed by atoms with van der Waals surface area (Å²) in [5, 5.41) is 0. The zero-order valence-corrected chi connectivity index (χ0v) is 9.55. The Morgan fingerprint density at radius 2 is 2.14 bits per heavy atom. The quantitative estimate of drug-likeness (QED) is 0.725. The minimum atomic E-state index is -0.136. The van der Waals surface area contributed by atoms with Crippen LogP contribution in [0.25, 0.3) is 0 Å². The van der Waals surface area contributed by atoms with Gasteiger partial charge in [0.25, 0.3) is 0 Å². The lowest BCUT2D eigenvalue weighted by Gasteiger charge is -2.35. The monoisotopic (exact) mass is 198 g/mol. The zero-order chi connectivity index (χ0) is 10.8. The second-order valence-electron chi connectivity index (χ2n) is 5.54. The number of piperidine rings is 1. The average Bonchev–Trinajstić information content (AvgIpc) is 2.01. The number of rotatable bonds is 2.